The molecule has 0 bridgehead atoms. The molecule has 0 aliphatic rings. The zero-order valence-corrected chi connectivity index (χ0v) is 14.6. The highest BCUT2D eigenvalue weighted by Gasteiger charge is 2.19. The molecule has 0 N–H and O–H groups in total. The highest BCUT2D eigenvalue weighted by Crippen LogP contribution is 2.37. The molecule has 3 rings (SSSR count). The van der Waals surface area contributed by atoms with Crippen LogP contribution in [-0.2, 0) is 4.74 Å². The molecule has 1 heterocycles. The standard InChI is InChI=1S/C18H12ClF2NO2S/c1-2-24-18(23)13-9-22-16-8-14(19)15(21)7-12(16)17(13)25-11-5-3-10(20)4-6-11/h3-9H,2H2,1H3. The Labute approximate surface area is 152 Å². The minimum Gasteiger partial charge on any atom is -0.462 e. The van der Waals surface area contributed by atoms with Crippen molar-refractivity contribution in [1.29, 1.82) is 0 Å². The van der Waals surface area contributed by atoms with Crippen LogP contribution < -0.4 is 0 Å². The maximum Gasteiger partial charge on any atom is 0.340 e. The molecule has 128 valence electrons. The number of halogens is 3. The van der Waals surface area contributed by atoms with Gasteiger partial charge in [-0.25, -0.2) is 13.6 Å². The third-order valence-corrected chi connectivity index (χ3v) is 4.83. The summed E-state index contributed by atoms with van der Waals surface area (Å²) in [4.78, 5) is 17.6. The van der Waals surface area contributed by atoms with E-state index >= 15 is 0 Å². The molecule has 0 aliphatic heterocycles. The van der Waals surface area contributed by atoms with Gasteiger partial charge < -0.3 is 4.74 Å². The molecule has 7 heteroatoms. The van der Waals surface area contributed by atoms with E-state index in [4.69, 9.17) is 16.3 Å². The molecular weight excluding hydrogens is 368 g/mol. The zero-order chi connectivity index (χ0) is 18.0. The van der Waals surface area contributed by atoms with Crippen LogP contribution in [0, 0.1) is 11.6 Å². The predicted molar refractivity (Wildman–Crippen MR) is 93.2 cm³/mol. The Bertz CT molecular complexity index is 948. The van der Waals surface area contributed by atoms with Crippen LogP contribution in [0.25, 0.3) is 10.9 Å². The van der Waals surface area contributed by atoms with E-state index in [9.17, 15) is 13.6 Å². The van der Waals surface area contributed by atoms with Crippen LogP contribution in [0.15, 0.2) is 52.4 Å². The van der Waals surface area contributed by atoms with Gasteiger partial charge in [0.15, 0.2) is 0 Å². The van der Waals surface area contributed by atoms with E-state index in [1.807, 2.05) is 0 Å². The lowest BCUT2D eigenvalue weighted by Crippen LogP contribution is -2.07. The first-order valence-corrected chi connectivity index (χ1v) is 8.57. The molecule has 0 spiro atoms. The first-order chi connectivity index (χ1) is 12.0. The average molecular weight is 380 g/mol. The molecule has 0 radical (unpaired) electrons. The summed E-state index contributed by atoms with van der Waals surface area (Å²) in [7, 11) is 0. The van der Waals surface area contributed by atoms with Crippen molar-refractivity contribution in [2.75, 3.05) is 6.61 Å². The largest absolute Gasteiger partial charge is 0.462 e. The lowest BCUT2D eigenvalue weighted by Gasteiger charge is -2.12. The number of hydrogen-bond donors (Lipinski definition) is 0. The van der Waals surface area contributed by atoms with Gasteiger partial charge in [-0.15, -0.1) is 0 Å². The van der Waals surface area contributed by atoms with E-state index in [-0.39, 0.29) is 23.0 Å². The van der Waals surface area contributed by atoms with Crippen molar-refractivity contribution in [2.24, 2.45) is 0 Å². The quantitative estimate of drug-likeness (QED) is 0.561. The maximum absolute atomic E-state index is 14.0. The van der Waals surface area contributed by atoms with Crippen molar-refractivity contribution in [2.45, 2.75) is 16.7 Å². The van der Waals surface area contributed by atoms with Crippen LogP contribution in [0.2, 0.25) is 5.02 Å². The van der Waals surface area contributed by atoms with Crippen molar-refractivity contribution in [3.8, 4) is 0 Å². The number of benzene rings is 2. The van der Waals surface area contributed by atoms with E-state index in [2.05, 4.69) is 4.98 Å². The number of fused-ring (bicyclic) bond motifs is 1. The summed E-state index contributed by atoms with van der Waals surface area (Å²) in [5, 5.41) is 0.378. The Morgan fingerprint density at radius 3 is 2.64 bits per heavy atom. The van der Waals surface area contributed by atoms with Gasteiger partial charge in [0.05, 0.1) is 22.7 Å². The monoisotopic (exact) mass is 379 g/mol. The highest BCUT2D eigenvalue weighted by atomic mass is 35.5. The first kappa shape index (κ1) is 17.6. The van der Waals surface area contributed by atoms with Crippen LogP contribution in [0.1, 0.15) is 17.3 Å². The molecule has 3 aromatic rings. The molecule has 0 saturated heterocycles. The summed E-state index contributed by atoms with van der Waals surface area (Å²) in [5.41, 5.74) is 0.662. The lowest BCUT2D eigenvalue weighted by atomic mass is 10.1. The minimum atomic E-state index is -0.613. The van der Waals surface area contributed by atoms with Gasteiger partial charge in [-0.2, -0.15) is 0 Å². The zero-order valence-electron chi connectivity index (χ0n) is 13.1. The van der Waals surface area contributed by atoms with E-state index in [0.717, 1.165) is 0 Å². The van der Waals surface area contributed by atoms with Gasteiger partial charge in [0.1, 0.15) is 11.6 Å². The molecule has 0 aliphatic carbocycles. The van der Waals surface area contributed by atoms with Crippen LogP contribution in [0.5, 0.6) is 0 Å². The Kier molecular flexibility index (Phi) is 5.20. The molecular formula is C18H12ClF2NO2S. The number of nitrogens with zero attached hydrogens (tertiary/aromatic N) is 1. The van der Waals surface area contributed by atoms with Gasteiger partial charge in [0.2, 0.25) is 0 Å². The van der Waals surface area contributed by atoms with Gasteiger partial charge in [0.25, 0.3) is 0 Å². The second-order valence-corrected chi connectivity index (χ2v) is 6.55. The van der Waals surface area contributed by atoms with Crippen molar-refractivity contribution in [3.05, 3.63) is 64.8 Å². The second kappa shape index (κ2) is 7.37. The highest BCUT2D eigenvalue weighted by molar-refractivity contribution is 7.99. The number of carbonyl (C=O) groups is 1. The Balaban J connectivity index is 2.19. The van der Waals surface area contributed by atoms with Crippen LogP contribution >= 0.6 is 23.4 Å². The number of rotatable bonds is 4. The number of carbonyl (C=O) groups excluding carboxylic acids is 1. The number of esters is 1. The van der Waals surface area contributed by atoms with Gasteiger partial charge in [-0.3, -0.25) is 4.98 Å². The van der Waals surface area contributed by atoms with Gasteiger partial charge in [0, 0.05) is 21.4 Å². The van der Waals surface area contributed by atoms with E-state index in [1.54, 1.807) is 19.1 Å². The molecule has 25 heavy (non-hydrogen) atoms. The summed E-state index contributed by atoms with van der Waals surface area (Å²) < 4.78 is 32.1. The summed E-state index contributed by atoms with van der Waals surface area (Å²) in [6.07, 6.45) is 1.38. The average Bonchev–Trinajstić information content (AvgIpc) is 2.59. The van der Waals surface area contributed by atoms with Crippen molar-refractivity contribution < 1.29 is 18.3 Å². The molecule has 2 aromatic carbocycles. The number of pyridine rings is 1. The summed E-state index contributed by atoms with van der Waals surface area (Å²) in [6, 6.07) is 8.41. The fraction of sp³-hybridized carbons (Fsp3) is 0.111. The third-order valence-electron chi connectivity index (χ3n) is 3.39. The molecule has 0 fully saturated rings. The Morgan fingerprint density at radius 1 is 1.24 bits per heavy atom. The smallest absolute Gasteiger partial charge is 0.340 e. The van der Waals surface area contributed by atoms with Gasteiger partial charge >= 0.3 is 5.97 Å². The molecule has 3 nitrogen and oxygen atoms in total. The van der Waals surface area contributed by atoms with Crippen molar-refractivity contribution in [3.63, 3.8) is 0 Å². The normalized spacial score (nSPS) is 10.9. The SMILES string of the molecule is CCOC(=O)c1cnc2cc(Cl)c(F)cc2c1Sc1ccc(F)cc1. The van der Waals surface area contributed by atoms with E-state index in [1.165, 1.54) is 42.2 Å². The fourth-order valence-electron chi connectivity index (χ4n) is 2.25. The van der Waals surface area contributed by atoms with Crippen molar-refractivity contribution >= 4 is 40.2 Å². The second-order valence-electron chi connectivity index (χ2n) is 5.06. The van der Waals surface area contributed by atoms with Crippen LogP contribution in [-0.4, -0.2) is 17.6 Å². The topological polar surface area (TPSA) is 39.2 Å². The van der Waals surface area contributed by atoms with Crippen LogP contribution in [0.4, 0.5) is 8.78 Å². The maximum atomic E-state index is 14.0. The molecule has 0 atom stereocenters. The van der Waals surface area contributed by atoms with E-state index in [0.29, 0.717) is 20.7 Å². The Hall–Kier alpha value is -2.18. The first-order valence-electron chi connectivity index (χ1n) is 7.38. The summed E-state index contributed by atoms with van der Waals surface area (Å²) in [6.45, 7) is 1.89. The Morgan fingerprint density at radius 2 is 1.96 bits per heavy atom. The minimum absolute atomic E-state index is 0.0541. The predicted octanol–water partition coefficient (Wildman–Crippen LogP) is 5.49. The summed E-state index contributed by atoms with van der Waals surface area (Å²) in [5.74, 6) is -1.54. The van der Waals surface area contributed by atoms with Crippen LogP contribution in [0.3, 0.4) is 0 Å². The molecule has 1 aromatic heterocycles. The number of aromatic nitrogens is 1. The molecule has 0 saturated carbocycles. The molecule has 0 amide bonds. The number of hydrogen-bond acceptors (Lipinski definition) is 4. The van der Waals surface area contributed by atoms with Crippen molar-refractivity contribution in [1.82, 2.24) is 4.98 Å². The number of ether oxygens (including phenoxy) is 1. The van der Waals surface area contributed by atoms with Gasteiger partial charge in [-0.1, -0.05) is 23.4 Å². The molecule has 0 unspecified atom stereocenters. The third kappa shape index (κ3) is 3.75. The summed E-state index contributed by atoms with van der Waals surface area (Å²) >= 11 is 7.02. The fourth-order valence-corrected chi connectivity index (χ4v) is 3.43. The van der Waals surface area contributed by atoms with Gasteiger partial charge in [-0.05, 0) is 43.3 Å². The van der Waals surface area contributed by atoms with E-state index < -0.39 is 11.8 Å². The lowest BCUT2D eigenvalue weighted by molar-refractivity contribution is 0.0522.